The van der Waals surface area contributed by atoms with Crippen LogP contribution in [0.15, 0.2) is 18.2 Å². The van der Waals surface area contributed by atoms with Gasteiger partial charge in [0, 0.05) is 19.6 Å². The summed E-state index contributed by atoms with van der Waals surface area (Å²) in [7, 11) is 1.34. The van der Waals surface area contributed by atoms with Gasteiger partial charge in [0.15, 0.2) is 0 Å². The Morgan fingerprint density at radius 3 is 2.44 bits per heavy atom. The maximum Gasteiger partial charge on any atom is 0.406 e. The topological polar surface area (TPSA) is 58.6 Å². The standard InChI is InChI=1S/C22H32N2O3/c1-4-16(14-23-22(26)27-3)21(25)24-11-9-18(10-12-24)20-8-7-19(13-15(20)2)17-5-6-17/h7-8,13,16-18H,4-6,9-12,14H2,1-3H3,(H,23,26). The molecule has 5 heteroatoms. The van der Waals surface area contributed by atoms with E-state index in [4.69, 9.17) is 0 Å². The maximum atomic E-state index is 12.8. The lowest BCUT2D eigenvalue weighted by molar-refractivity contribution is -0.136. The molecule has 1 saturated heterocycles. The van der Waals surface area contributed by atoms with Gasteiger partial charge in [-0.15, -0.1) is 0 Å². The third kappa shape index (κ3) is 4.82. The highest BCUT2D eigenvalue weighted by molar-refractivity contribution is 5.80. The molecule has 0 spiro atoms. The van der Waals surface area contributed by atoms with Crippen molar-refractivity contribution >= 4 is 12.0 Å². The van der Waals surface area contributed by atoms with E-state index in [1.165, 1.54) is 36.6 Å². The number of benzene rings is 1. The van der Waals surface area contributed by atoms with Crippen molar-refractivity contribution in [1.29, 1.82) is 0 Å². The first-order valence-electron chi connectivity index (χ1n) is 10.2. The average molecular weight is 373 g/mol. The zero-order valence-corrected chi connectivity index (χ0v) is 16.8. The number of hydrogen-bond donors (Lipinski definition) is 1. The zero-order valence-electron chi connectivity index (χ0n) is 16.8. The Balaban J connectivity index is 1.54. The van der Waals surface area contributed by atoms with Gasteiger partial charge in [-0.05, 0) is 67.6 Å². The number of nitrogens with one attached hydrogen (secondary N) is 1. The second-order valence-corrected chi connectivity index (χ2v) is 7.97. The predicted octanol–water partition coefficient (Wildman–Crippen LogP) is 3.96. The molecule has 5 nitrogen and oxygen atoms in total. The molecule has 1 saturated carbocycles. The van der Waals surface area contributed by atoms with Crippen molar-refractivity contribution in [3.63, 3.8) is 0 Å². The van der Waals surface area contributed by atoms with Crippen molar-refractivity contribution in [3.05, 3.63) is 34.9 Å². The summed E-state index contributed by atoms with van der Waals surface area (Å²) in [6.45, 7) is 6.14. The van der Waals surface area contributed by atoms with Gasteiger partial charge >= 0.3 is 6.09 Å². The van der Waals surface area contributed by atoms with Crippen molar-refractivity contribution in [3.8, 4) is 0 Å². The van der Waals surface area contributed by atoms with E-state index < -0.39 is 6.09 Å². The number of piperidine rings is 1. The van der Waals surface area contributed by atoms with Crippen LogP contribution in [0.1, 0.15) is 67.6 Å². The molecule has 0 bridgehead atoms. The van der Waals surface area contributed by atoms with Crippen molar-refractivity contribution < 1.29 is 14.3 Å². The van der Waals surface area contributed by atoms with Gasteiger partial charge in [-0.3, -0.25) is 4.79 Å². The molecule has 0 radical (unpaired) electrons. The van der Waals surface area contributed by atoms with Crippen molar-refractivity contribution in [2.24, 2.45) is 5.92 Å². The lowest BCUT2D eigenvalue weighted by atomic mass is 9.85. The van der Waals surface area contributed by atoms with Crippen LogP contribution in [0.2, 0.25) is 0 Å². The number of hydrogen-bond acceptors (Lipinski definition) is 3. The quantitative estimate of drug-likeness (QED) is 0.822. The summed E-state index contributed by atoms with van der Waals surface area (Å²) >= 11 is 0. The third-order valence-corrected chi connectivity index (χ3v) is 6.11. The Bertz CT molecular complexity index is 676. The smallest absolute Gasteiger partial charge is 0.406 e. The predicted molar refractivity (Wildman–Crippen MR) is 106 cm³/mol. The number of carbonyl (C=O) groups is 2. The second-order valence-electron chi connectivity index (χ2n) is 7.97. The zero-order chi connectivity index (χ0) is 19.4. The molecule has 1 N–H and O–H groups in total. The molecule has 0 aromatic heterocycles. The minimum atomic E-state index is -0.481. The number of rotatable bonds is 6. The summed E-state index contributed by atoms with van der Waals surface area (Å²) in [4.78, 5) is 26.0. The molecule has 1 atom stereocenters. The van der Waals surface area contributed by atoms with E-state index in [1.807, 2.05) is 11.8 Å². The Hall–Kier alpha value is -2.04. The summed E-state index contributed by atoms with van der Waals surface area (Å²) in [5, 5.41) is 2.66. The number of amides is 2. The van der Waals surface area contributed by atoms with E-state index in [1.54, 1.807) is 0 Å². The van der Waals surface area contributed by atoms with E-state index >= 15 is 0 Å². The molecule has 148 valence electrons. The molecule has 2 aliphatic rings. The Labute approximate surface area is 162 Å². The highest BCUT2D eigenvalue weighted by Crippen LogP contribution is 2.41. The molecule has 1 aromatic carbocycles. The number of methoxy groups -OCH3 is 1. The molecule has 27 heavy (non-hydrogen) atoms. The highest BCUT2D eigenvalue weighted by atomic mass is 16.5. The van der Waals surface area contributed by atoms with Crippen LogP contribution < -0.4 is 5.32 Å². The van der Waals surface area contributed by atoms with Crippen LogP contribution in [0.25, 0.3) is 0 Å². The van der Waals surface area contributed by atoms with Crippen LogP contribution in [0.5, 0.6) is 0 Å². The van der Waals surface area contributed by atoms with Crippen LogP contribution in [-0.4, -0.2) is 43.6 Å². The summed E-state index contributed by atoms with van der Waals surface area (Å²) in [5.41, 5.74) is 4.34. The first-order valence-corrected chi connectivity index (χ1v) is 10.2. The summed E-state index contributed by atoms with van der Waals surface area (Å²) < 4.78 is 4.60. The van der Waals surface area contributed by atoms with E-state index in [0.29, 0.717) is 18.9 Å². The maximum absolute atomic E-state index is 12.8. The minimum Gasteiger partial charge on any atom is -0.453 e. The second kappa shape index (κ2) is 8.77. The van der Waals surface area contributed by atoms with Crippen molar-refractivity contribution in [2.45, 2.75) is 57.8 Å². The SMILES string of the molecule is CCC(CNC(=O)OC)C(=O)N1CCC(c2ccc(C3CC3)cc2C)CC1. The monoisotopic (exact) mass is 372 g/mol. The number of likely N-dealkylation sites (tertiary alicyclic amines) is 1. The molecular formula is C22H32N2O3. The molecule has 3 rings (SSSR count). The highest BCUT2D eigenvalue weighted by Gasteiger charge is 2.29. The van der Waals surface area contributed by atoms with Gasteiger partial charge in [-0.1, -0.05) is 25.1 Å². The van der Waals surface area contributed by atoms with Crippen molar-refractivity contribution in [2.75, 3.05) is 26.7 Å². The molecular weight excluding hydrogens is 340 g/mol. The molecule has 1 heterocycles. The minimum absolute atomic E-state index is 0.146. The lowest BCUT2D eigenvalue weighted by Crippen LogP contribution is -2.44. The molecule has 1 unspecified atom stereocenters. The Kier molecular flexibility index (Phi) is 6.40. The van der Waals surface area contributed by atoms with Gasteiger partial charge in [0.2, 0.25) is 5.91 Å². The van der Waals surface area contributed by atoms with Gasteiger partial charge in [0.05, 0.1) is 13.0 Å². The van der Waals surface area contributed by atoms with Crippen LogP contribution in [0.3, 0.4) is 0 Å². The number of ether oxygens (including phenoxy) is 1. The fraction of sp³-hybridized carbons (Fsp3) is 0.636. The summed E-state index contributed by atoms with van der Waals surface area (Å²) in [6.07, 6.45) is 4.92. The molecule has 2 fully saturated rings. The fourth-order valence-electron chi connectivity index (χ4n) is 4.18. The average Bonchev–Trinajstić information content (AvgIpc) is 3.53. The summed E-state index contributed by atoms with van der Waals surface area (Å²) in [5.74, 6) is 1.30. The lowest BCUT2D eigenvalue weighted by Gasteiger charge is -2.35. The number of aryl methyl sites for hydroxylation is 1. The normalized spacial score (nSPS) is 18.9. The van der Waals surface area contributed by atoms with Crippen LogP contribution in [0, 0.1) is 12.8 Å². The van der Waals surface area contributed by atoms with Gasteiger partial charge in [-0.25, -0.2) is 4.79 Å². The van der Waals surface area contributed by atoms with E-state index in [9.17, 15) is 9.59 Å². The van der Waals surface area contributed by atoms with Crippen LogP contribution in [0.4, 0.5) is 4.79 Å². The van der Waals surface area contributed by atoms with Crippen LogP contribution >= 0.6 is 0 Å². The third-order valence-electron chi connectivity index (χ3n) is 6.11. The molecule has 1 aromatic rings. The number of nitrogens with zero attached hydrogens (tertiary/aromatic N) is 1. The van der Waals surface area contributed by atoms with E-state index in [-0.39, 0.29) is 11.8 Å². The van der Waals surface area contributed by atoms with Gasteiger partial charge in [0.25, 0.3) is 0 Å². The van der Waals surface area contributed by atoms with Crippen molar-refractivity contribution in [1.82, 2.24) is 10.2 Å². The van der Waals surface area contributed by atoms with Gasteiger partial charge in [0.1, 0.15) is 0 Å². The number of alkyl carbamates (subject to hydrolysis) is 1. The first kappa shape index (κ1) is 19.7. The largest absolute Gasteiger partial charge is 0.453 e. The van der Waals surface area contributed by atoms with Gasteiger partial charge in [-0.2, -0.15) is 0 Å². The van der Waals surface area contributed by atoms with E-state index in [0.717, 1.165) is 31.8 Å². The van der Waals surface area contributed by atoms with E-state index in [2.05, 4.69) is 35.2 Å². The first-order chi connectivity index (χ1) is 13.0. The Morgan fingerprint density at radius 2 is 1.89 bits per heavy atom. The van der Waals surface area contributed by atoms with Crippen LogP contribution in [-0.2, 0) is 9.53 Å². The summed E-state index contributed by atoms with van der Waals surface area (Å²) in [6, 6.07) is 7.00. The molecule has 2 amide bonds. The molecule has 1 aliphatic carbocycles. The molecule has 1 aliphatic heterocycles. The van der Waals surface area contributed by atoms with Gasteiger partial charge < -0.3 is 15.0 Å². The Morgan fingerprint density at radius 1 is 1.19 bits per heavy atom. The number of carbonyl (C=O) groups excluding carboxylic acids is 2. The fourth-order valence-corrected chi connectivity index (χ4v) is 4.18.